The van der Waals surface area contributed by atoms with Gasteiger partial charge in [0, 0.05) is 20.1 Å². The molecule has 0 aliphatic carbocycles. The van der Waals surface area contributed by atoms with Gasteiger partial charge in [-0.3, -0.25) is 0 Å². The largest absolute Gasteiger partial charge is 0.488 e. The molecule has 0 unspecified atom stereocenters. The molecule has 1 N–H and O–H groups in total. The number of hydrogen-bond acceptors (Lipinski definition) is 5. The number of pyridine rings is 1. The predicted molar refractivity (Wildman–Crippen MR) is 61.2 cm³/mol. The van der Waals surface area contributed by atoms with Crippen LogP contribution in [-0.2, 0) is 0 Å². The number of fused-ring (bicyclic) bond motifs is 1. The van der Waals surface area contributed by atoms with Gasteiger partial charge in [0.05, 0.1) is 12.6 Å². The SMILES string of the molecule is CN1CCOc2ccc(N3CC(O)C3)nc21. The lowest BCUT2D eigenvalue weighted by Crippen LogP contribution is -2.51. The topological polar surface area (TPSA) is 48.8 Å². The highest BCUT2D eigenvalue weighted by Crippen LogP contribution is 2.31. The van der Waals surface area contributed by atoms with Crippen LogP contribution in [0, 0.1) is 0 Å². The first-order valence-corrected chi connectivity index (χ1v) is 5.52. The van der Waals surface area contributed by atoms with Crippen molar-refractivity contribution in [2.24, 2.45) is 0 Å². The normalized spacial score (nSPS) is 20.1. The molecule has 16 heavy (non-hydrogen) atoms. The van der Waals surface area contributed by atoms with Gasteiger partial charge < -0.3 is 19.6 Å². The Bertz CT molecular complexity index is 404. The van der Waals surface area contributed by atoms with Gasteiger partial charge in [-0.25, -0.2) is 4.98 Å². The van der Waals surface area contributed by atoms with Crippen molar-refractivity contribution in [3.05, 3.63) is 12.1 Å². The first-order chi connectivity index (χ1) is 7.74. The number of hydrogen-bond donors (Lipinski definition) is 1. The second-order valence-corrected chi connectivity index (χ2v) is 4.32. The van der Waals surface area contributed by atoms with E-state index >= 15 is 0 Å². The number of likely N-dealkylation sites (N-methyl/N-ethyl adjacent to an activating group) is 1. The molecular formula is C11H15N3O2. The highest BCUT2D eigenvalue weighted by molar-refractivity contribution is 5.59. The van der Waals surface area contributed by atoms with Gasteiger partial charge in [0.15, 0.2) is 11.6 Å². The van der Waals surface area contributed by atoms with Crippen molar-refractivity contribution in [3.8, 4) is 5.75 Å². The van der Waals surface area contributed by atoms with Crippen LogP contribution in [0.15, 0.2) is 12.1 Å². The van der Waals surface area contributed by atoms with E-state index in [9.17, 15) is 5.11 Å². The summed E-state index contributed by atoms with van der Waals surface area (Å²) >= 11 is 0. The Hall–Kier alpha value is -1.49. The summed E-state index contributed by atoms with van der Waals surface area (Å²) in [6.45, 7) is 2.94. The molecule has 0 radical (unpaired) electrons. The molecule has 1 aromatic rings. The third-order valence-electron chi connectivity index (χ3n) is 3.06. The van der Waals surface area contributed by atoms with Gasteiger partial charge in [-0.15, -0.1) is 0 Å². The van der Waals surface area contributed by atoms with E-state index in [1.807, 2.05) is 19.2 Å². The summed E-state index contributed by atoms with van der Waals surface area (Å²) < 4.78 is 5.53. The lowest BCUT2D eigenvalue weighted by molar-refractivity contribution is 0.141. The molecule has 86 valence electrons. The molecule has 1 saturated heterocycles. The summed E-state index contributed by atoms with van der Waals surface area (Å²) in [5, 5.41) is 9.27. The third kappa shape index (κ3) is 1.48. The maximum atomic E-state index is 9.27. The average molecular weight is 221 g/mol. The van der Waals surface area contributed by atoms with Gasteiger partial charge in [0.2, 0.25) is 0 Å². The zero-order valence-electron chi connectivity index (χ0n) is 9.26. The van der Waals surface area contributed by atoms with E-state index in [2.05, 4.69) is 14.8 Å². The molecule has 0 saturated carbocycles. The summed E-state index contributed by atoms with van der Waals surface area (Å²) in [7, 11) is 2.02. The fraction of sp³-hybridized carbons (Fsp3) is 0.545. The molecule has 0 amide bonds. The molecule has 2 aliphatic heterocycles. The van der Waals surface area contributed by atoms with E-state index in [1.165, 1.54) is 0 Å². The summed E-state index contributed by atoms with van der Waals surface area (Å²) in [5.41, 5.74) is 0. The fourth-order valence-corrected chi connectivity index (χ4v) is 2.03. The summed E-state index contributed by atoms with van der Waals surface area (Å²) in [5.74, 6) is 2.66. The van der Waals surface area contributed by atoms with E-state index in [4.69, 9.17) is 4.74 Å². The van der Waals surface area contributed by atoms with Gasteiger partial charge in [0.25, 0.3) is 0 Å². The van der Waals surface area contributed by atoms with Crippen LogP contribution in [0.25, 0.3) is 0 Å². The van der Waals surface area contributed by atoms with E-state index in [0.717, 1.165) is 23.9 Å². The number of ether oxygens (including phenoxy) is 1. The van der Waals surface area contributed by atoms with Crippen LogP contribution in [-0.4, -0.2) is 49.5 Å². The summed E-state index contributed by atoms with van der Waals surface area (Å²) in [4.78, 5) is 8.73. The highest BCUT2D eigenvalue weighted by atomic mass is 16.5. The maximum Gasteiger partial charge on any atom is 0.173 e. The lowest BCUT2D eigenvalue weighted by atomic mass is 10.1. The Labute approximate surface area is 94.3 Å². The number of β-amino-alcohol motifs (C(OH)–C–C–N with tert-alkyl or cyclic N) is 1. The molecule has 2 aliphatic rings. The van der Waals surface area contributed by atoms with Crippen LogP contribution in [0.4, 0.5) is 11.6 Å². The molecule has 5 nitrogen and oxygen atoms in total. The maximum absolute atomic E-state index is 9.27. The van der Waals surface area contributed by atoms with Gasteiger partial charge in [-0.05, 0) is 12.1 Å². The zero-order chi connectivity index (χ0) is 11.1. The Morgan fingerprint density at radius 1 is 1.44 bits per heavy atom. The van der Waals surface area contributed by atoms with Crippen LogP contribution in [0.5, 0.6) is 5.75 Å². The minimum Gasteiger partial charge on any atom is -0.488 e. The first kappa shape index (κ1) is 9.72. The van der Waals surface area contributed by atoms with Gasteiger partial charge in [-0.1, -0.05) is 0 Å². The van der Waals surface area contributed by atoms with Gasteiger partial charge in [-0.2, -0.15) is 0 Å². The highest BCUT2D eigenvalue weighted by Gasteiger charge is 2.27. The molecule has 0 spiro atoms. The van der Waals surface area contributed by atoms with Crippen LogP contribution in [0.3, 0.4) is 0 Å². The first-order valence-electron chi connectivity index (χ1n) is 5.52. The lowest BCUT2D eigenvalue weighted by Gasteiger charge is -2.37. The van der Waals surface area contributed by atoms with E-state index in [-0.39, 0.29) is 6.10 Å². The molecule has 1 aromatic heterocycles. The Kier molecular flexibility index (Phi) is 2.14. The van der Waals surface area contributed by atoms with Crippen molar-refractivity contribution in [3.63, 3.8) is 0 Å². The second-order valence-electron chi connectivity index (χ2n) is 4.32. The molecule has 3 heterocycles. The molecule has 0 bridgehead atoms. The van der Waals surface area contributed by atoms with Crippen molar-refractivity contribution >= 4 is 11.6 Å². The monoisotopic (exact) mass is 221 g/mol. The van der Waals surface area contributed by atoms with Crippen molar-refractivity contribution < 1.29 is 9.84 Å². The number of nitrogens with zero attached hydrogens (tertiary/aromatic N) is 3. The van der Waals surface area contributed by atoms with Crippen molar-refractivity contribution in [1.82, 2.24) is 4.98 Å². The van der Waals surface area contributed by atoms with Crippen molar-refractivity contribution in [1.29, 1.82) is 0 Å². The standard InChI is InChI=1S/C11H15N3O2/c1-13-4-5-16-9-2-3-10(12-11(9)13)14-6-8(15)7-14/h2-3,8,15H,4-7H2,1H3. The molecule has 0 atom stereocenters. The predicted octanol–water partition coefficient (Wildman–Crippen LogP) is 0.0911. The van der Waals surface area contributed by atoms with Crippen LogP contribution < -0.4 is 14.5 Å². The Balaban J connectivity index is 1.89. The summed E-state index contributed by atoms with van der Waals surface area (Å²) in [6, 6.07) is 3.90. The van der Waals surface area contributed by atoms with Crippen LogP contribution in [0.2, 0.25) is 0 Å². The van der Waals surface area contributed by atoms with E-state index < -0.39 is 0 Å². The number of anilines is 2. The summed E-state index contributed by atoms with van der Waals surface area (Å²) in [6.07, 6.45) is -0.202. The molecule has 5 heteroatoms. The van der Waals surface area contributed by atoms with Gasteiger partial charge >= 0.3 is 0 Å². The minimum atomic E-state index is -0.202. The second kappa shape index (κ2) is 3.52. The molecule has 1 fully saturated rings. The Morgan fingerprint density at radius 3 is 3.00 bits per heavy atom. The average Bonchev–Trinajstić information content (AvgIpc) is 2.25. The third-order valence-corrected chi connectivity index (χ3v) is 3.06. The number of aliphatic hydroxyl groups is 1. The Morgan fingerprint density at radius 2 is 2.25 bits per heavy atom. The molecular weight excluding hydrogens is 206 g/mol. The molecule has 0 aromatic carbocycles. The van der Waals surface area contributed by atoms with Crippen LogP contribution >= 0.6 is 0 Å². The zero-order valence-corrected chi connectivity index (χ0v) is 9.26. The fourth-order valence-electron chi connectivity index (χ4n) is 2.03. The smallest absolute Gasteiger partial charge is 0.173 e. The number of aromatic nitrogens is 1. The van der Waals surface area contributed by atoms with Gasteiger partial charge in [0.1, 0.15) is 12.4 Å². The molecule has 3 rings (SSSR count). The van der Waals surface area contributed by atoms with E-state index in [1.54, 1.807) is 0 Å². The van der Waals surface area contributed by atoms with Crippen molar-refractivity contribution in [2.45, 2.75) is 6.10 Å². The number of rotatable bonds is 1. The number of aliphatic hydroxyl groups excluding tert-OH is 1. The van der Waals surface area contributed by atoms with Crippen molar-refractivity contribution in [2.75, 3.05) is 43.1 Å². The van der Waals surface area contributed by atoms with Crippen LogP contribution in [0.1, 0.15) is 0 Å². The van der Waals surface area contributed by atoms with E-state index in [0.29, 0.717) is 19.7 Å². The minimum absolute atomic E-state index is 0.202. The quantitative estimate of drug-likeness (QED) is 0.728.